The third-order valence-electron chi connectivity index (χ3n) is 3.49. The van der Waals surface area contributed by atoms with Crippen LogP contribution in [0.15, 0.2) is 54.9 Å². The highest BCUT2D eigenvalue weighted by Crippen LogP contribution is 2.21. The Hall–Kier alpha value is -2.88. The number of aryl methyl sites for hydroxylation is 3. The second-order valence-corrected chi connectivity index (χ2v) is 5.78. The first-order chi connectivity index (χ1) is 11.1. The summed E-state index contributed by atoms with van der Waals surface area (Å²) in [7, 11) is 0. The lowest BCUT2D eigenvalue weighted by molar-refractivity contribution is 1.16. The van der Waals surface area contributed by atoms with Crippen LogP contribution in [-0.4, -0.2) is 9.97 Å². The minimum atomic E-state index is 0.760. The molecule has 0 saturated heterocycles. The molecule has 0 bridgehead atoms. The number of hydrogen-bond donors (Lipinski definition) is 2. The summed E-state index contributed by atoms with van der Waals surface area (Å²) in [6.07, 6.45) is 1.56. The Morgan fingerprint density at radius 1 is 0.609 bits per heavy atom. The zero-order chi connectivity index (χ0) is 16.2. The van der Waals surface area contributed by atoms with E-state index < -0.39 is 0 Å². The molecule has 0 atom stereocenters. The molecule has 0 amide bonds. The third kappa shape index (κ3) is 4.07. The summed E-state index contributed by atoms with van der Waals surface area (Å²) in [6, 6.07) is 16.5. The summed E-state index contributed by atoms with van der Waals surface area (Å²) in [6.45, 7) is 6.24. The molecule has 0 saturated carbocycles. The van der Waals surface area contributed by atoms with Crippen molar-refractivity contribution in [3.8, 4) is 0 Å². The Kier molecular flexibility index (Phi) is 4.24. The molecule has 116 valence electrons. The van der Waals surface area contributed by atoms with Crippen LogP contribution >= 0.6 is 0 Å². The van der Waals surface area contributed by atoms with Crippen LogP contribution in [0.2, 0.25) is 0 Å². The summed E-state index contributed by atoms with van der Waals surface area (Å²) in [4.78, 5) is 8.56. The number of aromatic nitrogens is 2. The summed E-state index contributed by atoms with van der Waals surface area (Å²) in [5.41, 5.74) is 5.71. The summed E-state index contributed by atoms with van der Waals surface area (Å²) >= 11 is 0. The quantitative estimate of drug-likeness (QED) is 0.720. The maximum Gasteiger partial charge on any atom is 0.135 e. The van der Waals surface area contributed by atoms with E-state index in [4.69, 9.17) is 0 Å². The van der Waals surface area contributed by atoms with Crippen molar-refractivity contribution in [1.82, 2.24) is 9.97 Å². The van der Waals surface area contributed by atoms with Gasteiger partial charge >= 0.3 is 0 Å². The second-order valence-electron chi connectivity index (χ2n) is 5.78. The second kappa shape index (κ2) is 6.48. The number of nitrogens with one attached hydrogen (secondary N) is 2. The topological polar surface area (TPSA) is 49.8 Å². The van der Waals surface area contributed by atoms with E-state index in [1.807, 2.05) is 18.2 Å². The monoisotopic (exact) mass is 304 g/mol. The van der Waals surface area contributed by atoms with Gasteiger partial charge in [0, 0.05) is 17.4 Å². The van der Waals surface area contributed by atoms with E-state index in [9.17, 15) is 0 Å². The maximum atomic E-state index is 4.29. The van der Waals surface area contributed by atoms with Gasteiger partial charge in [-0.25, -0.2) is 9.97 Å². The SMILES string of the molecule is Cc1ccc(Nc2cc(Nc3cc(C)cc(C)c3)ncn2)cc1. The Bertz CT molecular complexity index is 790. The largest absolute Gasteiger partial charge is 0.340 e. The highest BCUT2D eigenvalue weighted by Gasteiger charge is 2.02. The van der Waals surface area contributed by atoms with Gasteiger partial charge in [0.1, 0.15) is 18.0 Å². The van der Waals surface area contributed by atoms with Crippen molar-refractivity contribution >= 4 is 23.0 Å². The van der Waals surface area contributed by atoms with Crippen molar-refractivity contribution in [3.05, 3.63) is 71.5 Å². The zero-order valence-corrected chi connectivity index (χ0v) is 13.6. The van der Waals surface area contributed by atoms with E-state index >= 15 is 0 Å². The number of hydrogen-bond acceptors (Lipinski definition) is 4. The number of nitrogens with zero attached hydrogens (tertiary/aromatic N) is 2. The lowest BCUT2D eigenvalue weighted by Crippen LogP contribution is -1.99. The van der Waals surface area contributed by atoms with E-state index in [1.165, 1.54) is 16.7 Å². The summed E-state index contributed by atoms with van der Waals surface area (Å²) < 4.78 is 0. The van der Waals surface area contributed by atoms with E-state index in [-0.39, 0.29) is 0 Å². The van der Waals surface area contributed by atoms with Crippen LogP contribution < -0.4 is 10.6 Å². The average Bonchev–Trinajstić information content (AvgIpc) is 2.49. The first-order valence-corrected chi connectivity index (χ1v) is 7.59. The Labute approximate surface area is 136 Å². The van der Waals surface area contributed by atoms with Crippen molar-refractivity contribution < 1.29 is 0 Å². The molecule has 3 rings (SSSR count). The van der Waals surface area contributed by atoms with Gasteiger partial charge in [0.2, 0.25) is 0 Å². The molecule has 4 heteroatoms. The fourth-order valence-corrected chi connectivity index (χ4v) is 2.47. The van der Waals surface area contributed by atoms with Gasteiger partial charge in [-0.3, -0.25) is 0 Å². The molecule has 0 fully saturated rings. The minimum Gasteiger partial charge on any atom is -0.340 e. The molecule has 23 heavy (non-hydrogen) atoms. The van der Waals surface area contributed by atoms with Crippen LogP contribution in [0.1, 0.15) is 16.7 Å². The molecular weight excluding hydrogens is 284 g/mol. The minimum absolute atomic E-state index is 0.760. The lowest BCUT2D eigenvalue weighted by atomic mass is 10.1. The fraction of sp³-hybridized carbons (Fsp3) is 0.158. The lowest BCUT2D eigenvalue weighted by Gasteiger charge is -2.10. The molecule has 0 radical (unpaired) electrons. The molecule has 0 unspecified atom stereocenters. The van der Waals surface area contributed by atoms with Crippen LogP contribution in [0.3, 0.4) is 0 Å². The Morgan fingerprint density at radius 3 is 1.78 bits per heavy atom. The average molecular weight is 304 g/mol. The van der Waals surface area contributed by atoms with Crippen molar-refractivity contribution in [2.24, 2.45) is 0 Å². The molecular formula is C19H20N4. The normalized spacial score (nSPS) is 10.4. The molecule has 2 aromatic carbocycles. The van der Waals surface area contributed by atoms with Crippen molar-refractivity contribution in [2.75, 3.05) is 10.6 Å². The van der Waals surface area contributed by atoms with Crippen LogP contribution in [0, 0.1) is 20.8 Å². The molecule has 1 heterocycles. The van der Waals surface area contributed by atoms with E-state index in [2.05, 4.69) is 71.7 Å². The van der Waals surface area contributed by atoms with E-state index in [0.717, 1.165) is 23.0 Å². The number of benzene rings is 2. The number of anilines is 4. The molecule has 0 aliphatic rings. The molecule has 3 aromatic rings. The van der Waals surface area contributed by atoms with Crippen molar-refractivity contribution in [2.45, 2.75) is 20.8 Å². The van der Waals surface area contributed by atoms with Gasteiger partial charge in [-0.05, 0) is 56.2 Å². The van der Waals surface area contributed by atoms with Crippen LogP contribution in [0.25, 0.3) is 0 Å². The first-order valence-electron chi connectivity index (χ1n) is 7.59. The van der Waals surface area contributed by atoms with Crippen LogP contribution in [-0.2, 0) is 0 Å². The molecule has 2 N–H and O–H groups in total. The van der Waals surface area contributed by atoms with Gasteiger partial charge in [0.05, 0.1) is 0 Å². The van der Waals surface area contributed by atoms with E-state index in [0.29, 0.717) is 0 Å². The first kappa shape index (κ1) is 15.0. The summed E-state index contributed by atoms with van der Waals surface area (Å²) in [5, 5.41) is 6.62. The van der Waals surface area contributed by atoms with Gasteiger partial charge in [-0.15, -0.1) is 0 Å². The molecule has 1 aromatic heterocycles. The molecule has 0 spiro atoms. The fourth-order valence-electron chi connectivity index (χ4n) is 2.47. The zero-order valence-electron chi connectivity index (χ0n) is 13.6. The standard InChI is InChI=1S/C19H20N4/c1-13-4-6-16(7-5-13)22-18-11-19(21-12-20-18)23-17-9-14(2)8-15(3)10-17/h4-12H,1-3H3,(H2,20,21,22,23). The molecule has 4 nitrogen and oxygen atoms in total. The van der Waals surface area contributed by atoms with Crippen LogP contribution in [0.5, 0.6) is 0 Å². The summed E-state index contributed by atoms with van der Waals surface area (Å²) in [5.74, 6) is 1.52. The maximum absolute atomic E-state index is 4.29. The third-order valence-corrected chi connectivity index (χ3v) is 3.49. The predicted molar refractivity (Wildman–Crippen MR) is 95.7 cm³/mol. The smallest absolute Gasteiger partial charge is 0.135 e. The van der Waals surface area contributed by atoms with Gasteiger partial charge in [0.25, 0.3) is 0 Å². The van der Waals surface area contributed by atoms with Crippen LogP contribution in [0.4, 0.5) is 23.0 Å². The Morgan fingerprint density at radius 2 is 1.17 bits per heavy atom. The number of rotatable bonds is 4. The van der Waals surface area contributed by atoms with Gasteiger partial charge in [-0.1, -0.05) is 23.8 Å². The van der Waals surface area contributed by atoms with Gasteiger partial charge < -0.3 is 10.6 Å². The van der Waals surface area contributed by atoms with Crippen molar-refractivity contribution in [1.29, 1.82) is 0 Å². The van der Waals surface area contributed by atoms with Crippen molar-refractivity contribution in [3.63, 3.8) is 0 Å². The van der Waals surface area contributed by atoms with E-state index in [1.54, 1.807) is 6.33 Å². The highest BCUT2D eigenvalue weighted by molar-refractivity contribution is 5.63. The molecule has 0 aliphatic heterocycles. The Balaban J connectivity index is 1.78. The van der Waals surface area contributed by atoms with Gasteiger partial charge in [0.15, 0.2) is 0 Å². The van der Waals surface area contributed by atoms with Gasteiger partial charge in [-0.2, -0.15) is 0 Å². The highest BCUT2D eigenvalue weighted by atomic mass is 15.1. The molecule has 0 aliphatic carbocycles. The predicted octanol–water partition coefficient (Wildman–Crippen LogP) is 4.89.